The summed E-state index contributed by atoms with van der Waals surface area (Å²) >= 11 is 0. The highest BCUT2D eigenvalue weighted by atomic mass is 16.5. The van der Waals surface area contributed by atoms with Gasteiger partial charge in [0.15, 0.2) is 0 Å². The van der Waals surface area contributed by atoms with Crippen LogP contribution in [-0.4, -0.2) is 56.5 Å². The van der Waals surface area contributed by atoms with E-state index in [2.05, 4.69) is 5.32 Å². The number of nitrogens with zero attached hydrogens (tertiary/aromatic N) is 1. The summed E-state index contributed by atoms with van der Waals surface area (Å²) in [6, 6.07) is 0.0370. The van der Waals surface area contributed by atoms with Gasteiger partial charge in [-0.2, -0.15) is 0 Å². The summed E-state index contributed by atoms with van der Waals surface area (Å²) in [6.45, 7) is 6.21. The third-order valence-corrected chi connectivity index (χ3v) is 4.31. The molecule has 116 valence electrons. The molecule has 5 heteroatoms. The van der Waals surface area contributed by atoms with Crippen molar-refractivity contribution in [2.75, 3.05) is 39.5 Å². The van der Waals surface area contributed by atoms with E-state index in [0.29, 0.717) is 44.9 Å². The molecule has 0 aromatic heterocycles. The van der Waals surface area contributed by atoms with Crippen LogP contribution in [0.5, 0.6) is 0 Å². The second-order valence-corrected chi connectivity index (χ2v) is 5.66. The minimum absolute atomic E-state index is 0.0370. The van der Waals surface area contributed by atoms with Crippen LogP contribution in [0.4, 0.5) is 4.79 Å². The number of nitrogens with one attached hydrogen (secondary N) is 1. The molecule has 1 aliphatic heterocycles. The summed E-state index contributed by atoms with van der Waals surface area (Å²) in [4.78, 5) is 13.8. The second kappa shape index (κ2) is 8.47. The lowest BCUT2D eigenvalue weighted by Crippen LogP contribution is -2.46. The van der Waals surface area contributed by atoms with Crippen LogP contribution in [0.1, 0.15) is 39.0 Å². The molecule has 0 spiro atoms. The number of urea groups is 1. The SMILES string of the molecule is CCO[C@@H](CCNC(=O)N1CCOCC1)C1CCCC1. The molecule has 2 fully saturated rings. The van der Waals surface area contributed by atoms with Crippen molar-refractivity contribution < 1.29 is 14.3 Å². The fourth-order valence-corrected chi connectivity index (χ4v) is 3.20. The highest BCUT2D eigenvalue weighted by Gasteiger charge is 2.25. The largest absolute Gasteiger partial charge is 0.378 e. The van der Waals surface area contributed by atoms with Crippen LogP contribution in [0, 0.1) is 5.92 Å². The van der Waals surface area contributed by atoms with Crippen molar-refractivity contribution in [3.05, 3.63) is 0 Å². The van der Waals surface area contributed by atoms with Crippen LogP contribution < -0.4 is 5.32 Å². The number of ether oxygens (including phenoxy) is 2. The topological polar surface area (TPSA) is 50.8 Å². The van der Waals surface area contributed by atoms with Crippen molar-refractivity contribution in [3.8, 4) is 0 Å². The van der Waals surface area contributed by atoms with Crippen LogP contribution >= 0.6 is 0 Å². The number of carbonyl (C=O) groups excluding carboxylic acids is 1. The minimum atomic E-state index is 0.0370. The van der Waals surface area contributed by atoms with Crippen molar-refractivity contribution in [1.82, 2.24) is 10.2 Å². The monoisotopic (exact) mass is 284 g/mol. The molecule has 2 rings (SSSR count). The Kier molecular flexibility index (Phi) is 6.60. The number of morpholine rings is 1. The fourth-order valence-electron chi connectivity index (χ4n) is 3.20. The first-order valence-corrected chi connectivity index (χ1v) is 8.03. The summed E-state index contributed by atoms with van der Waals surface area (Å²) in [7, 11) is 0. The smallest absolute Gasteiger partial charge is 0.317 e. The molecule has 1 saturated heterocycles. The molecule has 5 nitrogen and oxygen atoms in total. The molecular weight excluding hydrogens is 256 g/mol. The highest BCUT2D eigenvalue weighted by molar-refractivity contribution is 5.74. The fraction of sp³-hybridized carbons (Fsp3) is 0.933. The van der Waals surface area contributed by atoms with E-state index in [1.165, 1.54) is 25.7 Å². The molecule has 0 radical (unpaired) electrons. The third-order valence-electron chi connectivity index (χ3n) is 4.31. The molecule has 1 saturated carbocycles. The number of rotatable bonds is 6. The molecule has 0 unspecified atom stereocenters. The summed E-state index contributed by atoms with van der Waals surface area (Å²) in [6.07, 6.45) is 6.45. The lowest BCUT2D eigenvalue weighted by Gasteiger charge is -2.28. The van der Waals surface area contributed by atoms with Crippen LogP contribution in [-0.2, 0) is 9.47 Å². The van der Waals surface area contributed by atoms with Crippen molar-refractivity contribution >= 4 is 6.03 Å². The number of amides is 2. The molecule has 0 aromatic rings. The van der Waals surface area contributed by atoms with E-state index in [0.717, 1.165) is 13.0 Å². The van der Waals surface area contributed by atoms with Crippen LogP contribution in [0.3, 0.4) is 0 Å². The molecule has 0 aromatic carbocycles. The van der Waals surface area contributed by atoms with E-state index in [1.54, 1.807) is 0 Å². The van der Waals surface area contributed by atoms with Gasteiger partial charge in [-0.3, -0.25) is 0 Å². The summed E-state index contributed by atoms with van der Waals surface area (Å²) < 4.78 is 11.1. The Hall–Kier alpha value is -0.810. The van der Waals surface area contributed by atoms with Gasteiger partial charge in [0.1, 0.15) is 0 Å². The van der Waals surface area contributed by atoms with Gasteiger partial charge in [-0.15, -0.1) is 0 Å². The van der Waals surface area contributed by atoms with E-state index in [4.69, 9.17) is 9.47 Å². The average molecular weight is 284 g/mol. The van der Waals surface area contributed by atoms with Gasteiger partial charge in [-0.05, 0) is 32.1 Å². The first-order chi connectivity index (χ1) is 9.81. The molecule has 1 heterocycles. The third kappa shape index (κ3) is 4.63. The van der Waals surface area contributed by atoms with Crippen LogP contribution in [0.25, 0.3) is 0 Å². The van der Waals surface area contributed by atoms with E-state index < -0.39 is 0 Å². The Labute approximate surface area is 122 Å². The summed E-state index contributed by atoms with van der Waals surface area (Å²) in [5, 5.41) is 3.02. The lowest BCUT2D eigenvalue weighted by atomic mass is 9.98. The normalized spacial score (nSPS) is 21.9. The molecule has 2 amide bonds. The lowest BCUT2D eigenvalue weighted by molar-refractivity contribution is 0.0160. The maximum absolute atomic E-state index is 12.0. The summed E-state index contributed by atoms with van der Waals surface area (Å²) in [5.74, 6) is 0.690. The predicted octanol–water partition coefficient (Wildman–Crippen LogP) is 2.01. The Morgan fingerprint density at radius 2 is 2.05 bits per heavy atom. The maximum atomic E-state index is 12.0. The second-order valence-electron chi connectivity index (χ2n) is 5.66. The first-order valence-electron chi connectivity index (χ1n) is 8.03. The Morgan fingerprint density at radius 3 is 2.70 bits per heavy atom. The zero-order valence-electron chi connectivity index (χ0n) is 12.6. The molecule has 0 bridgehead atoms. The zero-order valence-corrected chi connectivity index (χ0v) is 12.6. The van der Waals surface area contributed by atoms with E-state index >= 15 is 0 Å². The highest BCUT2D eigenvalue weighted by Crippen LogP contribution is 2.30. The van der Waals surface area contributed by atoms with Crippen molar-refractivity contribution in [2.24, 2.45) is 5.92 Å². The Balaban J connectivity index is 1.67. The van der Waals surface area contributed by atoms with Gasteiger partial charge in [-0.25, -0.2) is 4.79 Å². The van der Waals surface area contributed by atoms with Gasteiger partial charge in [0.25, 0.3) is 0 Å². The van der Waals surface area contributed by atoms with Crippen molar-refractivity contribution in [3.63, 3.8) is 0 Å². The van der Waals surface area contributed by atoms with Gasteiger partial charge in [0, 0.05) is 26.2 Å². The Morgan fingerprint density at radius 1 is 1.35 bits per heavy atom. The summed E-state index contributed by atoms with van der Waals surface area (Å²) in [5.41, 5.74) is 0. The molecular formula is C15H28N2O3. The van der Waals surface area contributed by atoms with Crippen molar-refractivity contribution in [2.45, 2.75) is 45.1 Å². The van der Waals surface area contributed by atoms with Gasteiger partial charge >= 0.3 is 6.03 Å². The number of hydrogen-bond acceptors (Lipinski definition) is 3. The quantitative estimate of drug-likeness (QED) is 0.812. The average Bonchev–Trinajstić information content (AvgIpc) is 3.01. The van der Waals surface area contributed by atoms with Crippen LogP contribution in [0.2, 0.25) is 0 Å². The number of hydrogen-bond donors (Lipinski definition) is 1. The Bertz CT molecular complexity index is 287. The van der Waals surface area contributed by atoms with Gasteiger partial charge in [0.2, 0.25) is 0 Å². The minimum Gasteiger partial charge on any atom is -0.378 e. The van der Waals surface area contributed by atoms with Gasteiger partial charge in [-0.1, -0.05) is 12.8 Å². The van der Waals surface area contributed by atoms with E-state index in [-0.39, 0.29) is 6.03 Å². The van der Waals surface area contributed by atoms with Gasteiger partial charge < -0.3 is 19.7 Å². The molecule has 2 aliphatic rings. The van der Waals surface area contributed by atoms with Gasteiger partial charge in [0.05, 0.1) is 19.3 Å². The molecule has 1 N–H and O–H groups in total. The molecule has 20 heavy (non-hydrogen) atoms. The van der Waals surface area contributed by atoms with Crippen LogP contribution in [0.15, 0.2) is 0 Å². The molecule has 1 aliphatic carbocycles. The predicted molar refractivity (Wildman–Crippen MR) is 77.8 cm³/mol. The zero-order chi connectivity index (χ0) is 14.2. The standard InChI is InChI=1S/C15H28N2O3/c1-2-20-14(13-5-3-4-6-13)7-8-16-15(18)17-9-11-19-12-10-17/h13-14H,2-12H2,1H3,(H,16,18)/t14-/m0/s1. The maximum Gasteiger partial charge on any atom is 0.317 e. The van der Waals surface area contributed by atoms with Crippen molar-refractivity contribution in [1.29, 1.82) is 0 Å². The van der Waals surface area contributed by atoms with E-state index in [1.807, 2.05) is 11.8 Å². The first kappa shape index (κ1) is 15.6. The number of carbonyl (C=O) groups is 1. The van der Waals surface area contributed by atoms with E-state index in [9.17, 15) is 4.79 Å². The molecule has 1 atom stereocenters.